The van der Waals surface area contributed by atoms with Gasteiger partial charge in [0.2, 0.25) is 0 Å². The fourth-order valence-corrected chi connectivity index (χ4v) is 3.26. The van der Waals surface area contributed by atoms with Gasteiger partial charge in [0.15, 0.2) is 0 Å². The molecule has 0 radical (unpaired) electrons. The molecule has 17 heavy (non-hydrogen) atoms. The Morgan fingerprint density at radius 1 is 1.41 bits per heavy atom. The molecule has 0 aromatic carbocycles. The third kappa shape index (κ3) is 2.68. The second-order valence-electron chi connectivity index (χ2n) is 4.99. The van der Waals surface area contributed by atoms with Gasteiger partial charge in [-0.1, -0.05) is 0 Å². The summed E-state index contributed by atoms with van der Waals surface area (Å²) in [6.45, 7) is 10.3. The van der Waals surface area contributed by atoms with Crippen molar-refractivity contribution in [2.75, 3.05) is 39.3 Å². The first-order valence-electron chi connectivity index (χ1n) is 6.39. The summed E-state index contributed by atoms with van der Waals surface area (Å²) in [6, 6.07) is 0.789. The molecule has 94 valence electrons. The third-order valence-electron chi connectivity index (χ3n) is 3.66. The quantitative estimate of drug-likeness (QED) is 0.851. The Morgan fingerprint density at radius 2 is 2.18 bits per heavy atom. The van der Waals surface area contributed by atoms with Gasteiger partial charge >= 0.3 is 0 Å². The van der Waals surface area contributed by atoms with Crippen molar-refractivity contribution in [3.63, 3.8) is 0 Å². The minimum absolute atomic E-state index is 0.789. The van der Waals surface area contributed by atoms with Crippen molar-refractivity contribution >= 4 is 11.3 Å². The van der Waals surface area contributed by atoms with Crippen LogP contribution in [0.5, 0.6) is 0 Å². The molecule has 5 heteroatoms. The van der Waals surface area contributed by atoms with E-state index in [1.165, 1.54) is 36.9 Å². The number of thiazole rings is 1. The maximum absolute atomic E-state index is 4.52. The van der Waals surface area contributed by atoms with Crippen LogP contribution in [-0.2, 0) is 6.54 Å². The molecule has 2 fully saturated rings. The number of nitrogens with one attached hydrogen (secondary N) is 1. The second-order valence-corrected chi connectivity index (χ2v) is 6.05. The van der Waals surface area contributed by atoms with E-state index in [1.54, 1.807) is 11.3 Å². The Morgan fingerprint density at radius 3 is 2.82 bits per heavy atom. The molecule has 3 rings (SSSR count). The van der Waals surface area contributed by atoms with Gasteiger partial charge in [0.1, 0.15) is 0 Å². The van der Waals surface area contributed by atoms with E-state index in [1.807, 2.05) is 0 Å². The maximum atomic E-state index is 4.52. The number of piperazine rings is 1. The zero-order chi connectivity index (χ0) is 11.7. The number of hydrogen-bond acceptors (Lipinski definition) is 5. The molecule has 0 bridgehead atoms. The summed E-state index contributed by atoms with van der Waals surface area (Å²) in [5, 5.41) is 6.78. The van der Waals surface area contributed by atoms with Crippen molar-refractivity contribution < 1.29 is 0 Å². The summed E-state index contributed by atoms with van der Waals surface area (Å²) in [6.07, 6.45) is 0. The SMILES string of the molecule is Cc1nc(CN2CC(N3CCNCC3)C2)cs1. The zero-order valence-electron chi connectivity index (χ0n) is 10.4. The molecule has 1 aromatic rings. The van der Waals surface area contributed by atoms with E-state index in [9.17, 15) is 0 Å². The van der Waals surface area contributed by atoms with E-state index in [-0.39, 0.29) is 0 Å². The average Bonchev–Trinajstić information content (AvgIpc) is 2.70. The molecule has 2 saturated heterocycles. The van der Waals surface area contributed by atoms with Gasteiger partial charge in [0.05, 0.1) is 10.7 Å². The first-order valence-corrected chi connectivity index (χ1v) is 7.27. The van der Waals surface area contributed by atoms with Crippen LogP contribution in [0, 0.1) is 6.92 Å². The molecular formula is C12H20N4S. The number of likely N-dealkylation sites (tertiary alicyclic amines) is 1. The molecular weight excluding hydrogens is 232 g/mol. The Balaban J connectivity index is 1.45. The standard InChI is InChI=1S/C12H20N4S/c1-10-14-11(9-17-10)6-15-7-12(8-15)16-4-2-13-3-5-16/h9,12-13H,2-8H2,1H3. The summed E-state index contributed by atoms with van der Waals surface area (Å²) in [4.78, 5) is 9.65. The van der Waals surface area contributed by atoms with Crippen molar-refractivity contribution in [2.45, 2.75) is 19.5 Å². The van der Waals surface area contributed by atoms with Crippen LogP contribution in [0.1, 0.15) is 10.7 Å². The normalized spacial score (nSPS) is 23.8. The van der Waals surface area contributed by atoms with Gasteiger partial charge < -0.3 is 5.32 Å². The van der Waals surface area contributed by atoms with Crippen molar-refractivity contribution in [1.82, 2.24) is 20.1 Å². The summed E-state index contributed by atoms with van der Waals surface area (Å²) in [5.41, 5.74) is 1.24. The fraction of sp³-hybridized carbons (Fsp3) is 0.750. The Bertz CT molecular complexity index is 366. The second kappa shape index (κ2) is 5.02. The predicted octanol–water partition coefficient (Wildman–Crippen LogP) is 0.541. The highest BCUT2D eigenvalue weighted by atomic mass is 32.1. The first-order chi connectivity index (χ1) is 8.31. The lowest BCUT2D eigenvalue weighted by molar-refractivity contribution is 0.0217. The lowest BCUT2D eigenvalue weighted by Crippen LogP contribution is -2.62. The molecule has 1 aromatic heterocycles. The van der Waals surface area contributed by atoms with Crippen LogP contribution in [0.15, 0.2) is 5.38 Å². The van der Waals surface area contributed by atoms with Gasteiger partial charge in [-0.15, -0.1) is 11.3 Å². The largest absolute Gasteiger partial charge is 0.314 e. The first kappa shape index (κ1) is 11.6. The van der Waals surface area contributed by atoms with Gasteiger partial charge in [-0.25, -0.2) is 4.98 Å². The summed E-state index contributed by atoms with van der Waals surface area (Å²) in [5.74, 6) is 0. The van der Waals surface area contributed by atoms with Gasteiger partial charge in [-0.3, -0.25) is 9.80 Å². The highest BCUT2D eigenvalue weighted by Crippen LogP contribution is 2.19. The number of hydrogen-bond donors (Lipinski definition) is 1. The van der Waals surface area contributed by atoms with E-state index >= 15 is 0 Å². The van der Waals surface area contributed by atoms with E-state index in [2.05, 4.69) is 32.4 Å². The molecule has 3 heterocycles. The lowest BCUT2D eigenvalue weighted by Gasteiger charge is -2.46. The molecule has 1 N–H and O–H groups in total. The van der Waals surface area contributed by atoms with Crippen molar-refractivity contribution in [3.05, 3.63) is 16.1 Å². The van der Waals surface area contributed by atoms with Crippen LogP contribution >= 0.6 is 11.3 Å². The Labute approximate surface area is 107 Å². The van der Waals surface area contributed by atoms with Crippen LogP contribution in [-0.4, -0.2) is 60.1 Å². The maximum Gasteiger partial charge on any atom is 0.0897 e. The minimum atomic E-state index is 0.789. The molecule has 0 amide bonds. The van der Waals surface area contributed by atoms with Crippen LogP contribution in [0.3, 0.4) is 0 Å². The number of nitrogens with zero attached hydrogens (tertiary/aromatic N) is 3. The number of aromatic nitrogens is 1. The Kier molecular flexibility index (Phi) is 3.42. The van der Waals surface area contributed by atoms with Gasteiger partial charge in [-0.2, -0.15) is 0 Å². The molecule has 0 spiro atoms. The summed E-state index contributed by atoms with van der Waals surface area (Å²) < 4.78 is 0. The molecule has 2 aliphatic rings. The van der Waals surface area contributed by atoms with Crippen LogP contribution in [0.2, 0.25) is 0 Å². The van der Waals surface area contributed by atoms with Crippen molar-refractivity contribution in [3.8, 4) is 0 Å². The van der Waals surface area contributed by atoms with Crippen LogP contribution < -0.4 is 5.32 Å². The van der Waals surface area contributed by atoms with Crippen molar-refractivity contribution in [2.24, 2.45) is 0 Å². The fourth-order valence-electron chi connectivity index (χ4n) is 2.66. The molecule has 4 nitrogen and oxygen atoms in total. The van der Waals surface area contributed by atoms with Crippen LogP contribution in [0.4, 0.5) is 0 Å². The monoisotopic (exact) mass is 252 g/mol. The van der Waals surface area contributed by atoms with Gasteiger partial charge in [0.25, 0.3) is 0 Å². The molecule has 0 unspecified atom stereocenters. The van der Waals surface area contributed by atoms with Crippen molar-refractivity contribution in [1.29, 1.82) is 0 Å². The molecule has 2 aliphatic heterocycles. The van der Waals surface area contributed by atoms with Gasteiger partial charge in [0, 0.05) is 57.2 Å². The summed E-state index contributed by atoms with van der Waals surface area (Å²) >= 11 is 1.75. The predicted molar refractivity (Wildman–Crippen MR) is 70.4 cm³/mol. The smallest absolute Gasteiger partial charge is 0.0897 e. The summed E-state index contributed by atoms with van der Waals surface area (Å²) in [7, 11) is 0. The topological polar surface area (TPSA) is 31.4 Å². The van der Waals surface area contributed by atoms with E-state index in [0.717, 1.165) is 25.7 Å². The highest BCUT2D eigenvalue weighted by molar-refractivity contribution is 7.09. The lowest BCUT2D eigenvalue weighted by atomic mass is 10.1. The number of aryl methyl sites for hydroxylation is 1. The Hall–Kier alpha value is -0.490. The molecule has 0 aliphatic carbocycles. The molecule has 0 atom stereocenters. The average molecular weight is 252 g/mol. The zero-order valence-corrected chi connectivity index (χ0v) is 11.2. The van der Waals surface area contributed by atoms with E-state index in [0.29, 0.717) is 0 Å². The molecule has 0 saturated carbocycles. The van der Waals surface area contributed by atoms with E-state index in [4.69, 9.17) is 0 Å². The number of rotatable bonds is 3. The van der Waals surface area contributed by atoms with Crippen LogP contribution in [0.25, 0.3) is 0 Å². The third-order valence-corrected chi connectivity index (χ3v) is 4.48. The highest BCUT2D eigenvalue weighted by Gasteiger charge is 2.32. The minimum Gasteiger partial charge on any atom is -0.314 e. The van der Waals surface area contributed by atoms with E-state index < -0.39 is 0 Å². The van der Waals surface area contributed by atoms with Gasteiger partial charge in [-0.05, 0) is 6.92 Å².